The Morgan fingerprint density at radius 1 is 1.05 bits per heavy atom. The molecule has 0 atom stereocenters. The lowest BCUT2D eigenvalue weighted by Gasteiger charge is -2.38. The number of anilines is 2. The predicted molar refractivity (Wildman–Crippen MR) is 153 cm³/mol. The molecule has 0 saturated carbocycles. The van der Waals surface area contributed by atoms with Crippen molar-refractivity contribution < 1.29 is 22.4 Å². The van der Waals surface area contributed by atoms with Gasteiger partial charge in [-0.2, -0.15) is 18.3 Å². The molecule has 0 bridgehead atoms. The summed E-state index contributed by atoms with van der Waals surface area (Å²) in [7, 11) is 0. The van der Waals surface area contributed by atoms with Crippen LogP contribution in [0.15, 0.2) is 48.5 Å². The number of piperazine rings is 1. The first-order chi connectivity index (χ1) is 19.5. The highest BCUT2D eigenvalue weighted by atomic mass is 19.4. The molecular weight excluding hydrogens is 536 g/mol. The molecule has 222 valence electrons. The average molecular weight is 575 g/mol. The van der Waals surface area contributed by atoms with E-state index in [0.29, 0.717) is 31.1 Å². The van der Waals surface area contributed by atoms with E-state index >= 15 is 0 Å². The SMILES string of the molecule is CCCN(Cc1c(CC)nn(-c2ccc(F)cc2)c1N1CCN(C(C)C)CC1)C(=O)Nc1cccc(C(F)(F)F)c1. The number of aryl methyl sites for hydroxylation is 1. The summed E-state index contributed by atoms with van der Waals surface area (Å²) in [4.78, 5) is 19.7. The van der Waals surface area contributed by atoms with E-state index in [1.54, 1.807) is 17.0 Å². The van der Waals surface area contributed by atoms with Gasteiger partial charge in [0, 0.05) is 50.0 Å². The molecule has 4 rings (SSSR count). The van der Waals surface area contributed by atoms with Crippen LogP contribution in [0.5, 0.6) is 0 Å². The third-order valence-electron chi connectivity index (χ3n) is 7.36. The molecule has 0 spiro atoms. The van der Waals surface area contributed by atoms with Crippen molar-refractivity contribution in [1.82, 2.24) is 19.6 Å². The fourth-order valence-corrected chi connectivity index (χ4v) is 5.16. The fourth-order valence-electron chi connectivity index (χ4n) is 5.16. The molecule has 2 heterocycles. The van der Waals surface area contributed by atoms with E-state index in [-0.39, 0.29) is 18.0 Å². The van der Waals surface area contributed by atoms with E-state index in [1.165, 1.54) is 24.3 Å². The van der Waals surface area contributed by atoms with E-state index in [1.807, 2.05) is 18.5 Å². The summed E-state index contributed by atoms with van der Waals surface area (Å²) in [6.07, 6.45) is -3.24. The van der Waals surface area contributed by atoms with Gasteiger partial charge in [-0.05, 0) is 69.2 Å². The molecule has 3 aromatic rings. The maximum atomic E-state index is 13.8. The third kappa shape index (κ3) is 7.19. The number of hydrogen-bond acceptors (Lipinski definition) is 4. The van der Waals surface area contributed by atoms with Crippen LogP contribution in [0.2, 0.25) is 0 Å². The minimum atomic E-state index is -4.51. The molecule has 11 heteroatoms. The molecule has 0 aliphatic carbocycles. The van der Waals surface area contributed by atoms with Crippen molar-refractivity contribution >= 4 is 17.5 Å². The topological polar surface area (TPSA) is 56.6 Å². The van der Waals surface area contributed by atoms with Gasteiger partial charge in [-0.15, -0.1) is 0 Å². The Kier molecular flexibility index (Phi) is 9.57. The lowest BCUT2D eigenvalue weighted by Crippen LogP contribution is -2.49. The molecular formula is C30H38F4N6O. The first-order valence-electron chi connectivity index (χ1n) is 14.1. The molecule has 1 saturated heterocycles. The van der Waals surface area contributed by atoms with Crippen LogP contribution >= 0.6 is 0 Å². The zero-order chi connectivity index (χ0) is 29.7. The monoisotopic (exact) mass is 574 g/mol. The van der Waals surface area contributed by atoms with E-state index in [2.05, 4.69) is 29.0 Å². The first-order valence-corrected chi connectivity index (χ1v) is 14.1. The van der Waals surface area contributed by atoms with Crippen molar-refractivity contribution in [3.8, 4) is 5.69 Å². The van der Waals surface area contributed by atoms with Crippen LogP contribution < -0.4 is 10.2 Å². The minimum absolute atomic E-state index is 0.0775. The number of alkyl halides is 3. The van der Waals surface area contributed by atoms with Gasteiger partial charge in [0.05, 0.1) is 23.5 Å². The number of nitrogens with zero attached hydrogens (tertiary/aromatic N) is 5. The zero-order valence-electron chi connectivity index (χ0n) is 24.0. The Labute approximate surface area is 238 Å². The number of aromatic nitrogens is 2. The highest BCUT2D eigenvalue weighted by Gasteiger charge is 2.31. The van der Waals surface area contributed by atoms with Crippen LogP contribution in [-0.2, 0) is 19.1 Å². The number of rotatable bonds is 9. The third-order valence-corrected chi connectivity index (χ3v) is 7.36. The number of hydrogen-bond donors (Lipinski definition) is 1. The second-order valence-corrected chi connectivity index (χ2v) is 10.5. The smallest absolute Gasteiger partial charge is 0.354 e. The van der Waals surface area contributed by atoms with E-state index in [4.69, 9.17) is 5.10 Å². The number of amides is 2. The average Bonchev–Trinajstić information content (AvgIpc) is 3.31. The number of nitrogens with one attached hydrogen (secondary N) is 1. The van der Waals surface area contributed by atoms with Crippen molar-refractivity contribution in [1.29, 1.82) is 0 Å². The van der Waals surface area contributed by atoms with Gasteiger partial charge >= 0.3 is 12.2 Å². The summed E-state index contributed by atoms with van der Waals surface area (Å²) in [5.41, 5.74) is 1.65. The Morgan fingerprint density at radius 3 is 2.32 bits per heavy atom. The van der Waals surface area contributed by atoms with Gasteiger partial charge in [0.1, 0.15) is 11.6 Å². The van der Waals surface area contributed by atoms with Crippen molar-refractivity contribution in [3.63, 3.8) is 0 Å². The van der Waals surface area contributed by atoms with Crippen LogP contribution in [0.4, 0.5) is 33.9 Å². The maximum Gasteiger partial charge on any atom is 0.416 e. The van der Waals surface area contributed by atoms with Gasteiger partial charge in [-0.1, -0.05) is 19.9 Å². The molecule has 2 aromatic carbocycles. The standard InChI is InChI=1S/C30H38F4N6O/c1-5-14-39(29(41)35-24-9-7-8-22(19-24)30(32,33)34)20-26-27(6-2)36-40(25-12-10-23(31)11-13-25)28(26)38-17-15-37(16-18-38)21(3)4/h7-13,19,21H,5-6,14-18,20H2,1-4H3,(H,35,41). The lowest BCUT2D eigenvalue weighted by atomic mass is 10.1. The second kappa shape index (κ2) is 12.9. The lowest BCUT2D eigenvalue weighted by molar-refractivity contribution is -0.137. The Bertz CT molecular complexity index is 1310. The summed E-state index contributed by atoms with van der Waals surface area (Å²) in [6, 6.07) is 10.7. The van der Waals surface area contributed by atoms with Gasteiger partial charge in [0.15, 0.2) is 0 Å². The van der Waals surface area contributed by atoms with Gasteiger partial charge in [0.25, 0.3) is 0 Å². The van der Waals surface area contributed by atoms with Gasteiger partial charge in [-0.25, -0.2) is 13.9 Å². The van der Waals surface area contributed by atoms with Crippen molar-refractivity contribution in [2.75, 3.05) is 42.9 Å². The number of urea groups is 1. The molecule has 0 radical (unpaired) electrons. The van der Waals surface area contributed by atoms with Crippen LogP contribution in [0.1, 0.15) is 50.9 Å². The highest BCUT2D eigenvalue weighted by molar-refractivity contribution is 5.89. The summed E-state index contributed by atoms with van der Waals surface area (Å²) in [5, 5.41) is 7.57. The normalized spacial score (nSPS) is 14.5. The maximum absolute atomic E-state index is 13.8. The van der Waals surface area contributed by atoms with Crippen LogP contribution in [0, 0.1) is 5.82 Å². The molecule has 2 amide bonds. The van der Waals surface area contributed by atoms with Crippen molar-refractivity contribution in [2.24, 2.45) is 0 Å². The van der Waals surface area contributed by atoms with E-state index < -0.39 is 17.8 Å². The molecule has 41 heavy (non-hydrogen) atoms. The molecule has 1 aromatic heterocycles. The van der Waals surface area contributed by atoms with Crippen molar-refractivity contribution in [3.05, 3.63) is 71.2 Å². The summed E-state index contributed by atoms with van der Waals surface area (Å²) < 4.78 is 55.4. The van der Waals surface area contributed by atoms with Gasteiger partial charge < -0.3 is 15.1 Å². The van der Waals surface area contributed by atoms with Crippen LogP contribution in [0.3, 0.4) is 0 Å². The molecule has 7 nitrogen and oxygen atoms in total. The molecule has 1 aliphatic heterocycles. The number of halogens is 4. The summed E-state index contributed by atoms with van der Waals surface area (Å²) >= 11 is 0. The van der Waals surface area contributed by atoms with Gasteiger partial charge in [-0.3, -0.25) is 4.90 Å². The second-order valence-electron chi connectivity index (χ2n) is 10.5. The number of benzene rings is 2. The Hall–Kier alpha value is -3.60. The molecule has 1 aliphatic rings. The number of carbonyl (C=O) groups is 1. The Morgan fingerprint density at radius 2 is 1.73 bits per heavy atom. The minimum Gasteiger partial charge on any atom is -0.354 e. The predicted octanol–water partition coefficient (Wildman–Crippen LogP) is 6.57. The summed E-state index contributed by atoms with van der Waals surface area (Å²) in [5.74, 6) is 0.508. The highest BCUT2D eigenvalue weighted by Crippen LogP contribution is 2.32. The van der Waals surface area contributed by atoms with Crippen molar-refractivity contribution in [2.45, 2.75) is 59.3 Å². The largest absolute Gasteiger partial charge is 0.416 e. The molecule has 0 unspecified atom stereocenters. The number of carbonyl (C=O) groups excluding carboxylic acids is 1. The fraction of sp³-hybridized carbons (Fsp3) is 0.467. The van der Waals surface area contributed by atoms with Crippen LogP contribution in [0.25, 0.3) is 5.69 Å². The Balaban J connectivity index is 1.69. The quantitative estimate of drug-likeness (QED) is 0.294. The zero-order valence-corrected chi connectivity index (χ0v) is 24.0. The van der Waals surface area contributed by atoms with Gasteiger partial charge in [0.2, 0.25) is 0 Å². The van der Waals surface area contributed by atoms with Crippen LogP contribution in [-0.4, -0.2) is 64.4 Å². The summed E-state index contributed by atoms with van der Waals surface area (Å²) in [6.45, 7) is 12.1. The molecule has 1 fully saturated rings. The van der Waals surface area contributed by atoms with E-state index in [9.17, 15) is 22.4 Å². The first kappa shape index (κ1) is 30.4. The van der Waals surface area contributed by atoms with E-state index in [0.717, 1.165) is 55.4 Å². The molecule has 1 N–H and O–H groups in total.